The summed E-state index contributed by atoms with van der Waals surface area (Å²) in [7, 11) is 0. The predicted molar refractivity (Wildman–Crippen MR) is 96.1 cm³/mol. The quantitative estimate of drug-likeness (QED) is 0.596. The zero-order valence-electron chi connectivity index (χ0n) is 12.5. The number of aromatic nitrogens is 1. The second kappa shape index (κ2) is 5.54. The van der Waals surface area contributed by atoms with Gasteiger partial charge >= 0.3 is 0 Å². The highest BCUT2D eigenvalue weighted by atomic mass is 32.1. The van der Waals surface area contributed by atoms with Crippen LogP contribution in [0.2, 0.25) is 0 Å². The molecule has 0 unspecified atom stereocenters. The molecule has 0 saturated heterocycles. The Kier molecular flexibility index (Phi) is 3.39. The van der Waals surface area contributed by atoms with E-state index < -0.39 is 0 Å². The van der Waals surface area contributed by atoms with Gasteiger partial charge in [-0.25, -0.2) is 0 Å². The van der Waals surface area contributed by atoms with Gasteiger partial charge in [0.2, 0.25) is 0 Å². The number of benzene rings is 1. The van der Waals surface area contributed by atoms with Crippen molar-refractivity contribution < 1.29 is 0 Å². The van der Waals surface area contributed by atoms with E-state index in [2.05, 4.69) is 59.6 Å². The van der Waals surface area contributed by atoms with Crippen molar-refractivity contribution in [3.05, 3.63) is 75.9 Å². The molecule has 22 heavy (non-hydrogen) atoms. The van der Waals surface area contributed by atoms with Crippen molar-refractivity contribution in [2.24, 2.45) is 0 Å². The number of hydrogen-bond acceptors (Lipinski definition) is 2. The summed E-state index contributed by atoms with van der Waals surface area (Å²) in [5.74, 6) is 0. The maximum atomic E-state index is 4.24. The highest BCUT2D eigenvalue weighted by molar-refractivity contribution is 7.19. The van der Waals surface area contributed by atoms with E-state index in [0.717, 1.165) is 18.5 Å². The van der Waals surface area contributed by atoms with Crippen molar-refractivity contribution in [2.75, 3.05) is 0 Å². The zero-order chi connectivity index (χ0) is 14.9. The minimum Gasteiger partial charge on any atom is -0.262 e. The molecule has 0 atom stereocenters. The fourth-order valence-electron chi connectivity index (χ4n) is 2.98. The first-order chi connectivity index (χ1) is 10.8. The molecule has 1 aliphatic carbocycles. The summed E-state index contributed by atoms with van der Waals surface area (Å²) in [6, 6.07) is 12.9. The van der Waals surface area contributed by atoms with E-state index in [1.807, 2.05) is 24.5 Å². The summed E-state index contributed by atoms with van der Waals surface area (Å²) in [5.41, 5.74) is 5.11. The van der Waals surface area contributed by atoms with Crippen LogP contribution in [0.4, 0.5) is 0 Å². The number of rotatable bonds is 2. The van der Waals surface area contributed by atoms with E-state index >= 15 is 0 Å². The third-order valence-electron chi connectivity index (χ3n) is 4.09. The van der Waals surface area contributed by atoms with Crippen LogP contribution in [0.3, 0.4) is 0 Å². The van der Waals surface area contributed by atoms with Crippen LogP contribution in [0.5, 0.6) is 0 Å². The van der Waals surface area contributed by atoms with Crippen molar-refractivity contribution in [2.45, 2.75) is 19.8 Å². The Bertz CT molecular complexity index is 899. The third-order valence-corrected chi connectivity index (χ3v) is 5.34. The molecule has 0 radical (unpaired) electrons. The molecular weight excluding hydrogens is 286 g/mol. The average Bonchev–Trinajstić information content (AvgIpc) is 2.91. The molecule has 0 fully saturated rings. The summed E-state index contributed by atoms with van der Waals surface area (Å²) >= 11 is 1.94. The average molecular weight is 303 g/mol. The molecule has 0 saturated carbocycles. The van der Waals surface area contributed by atoms with Crippen LogP contribution < -0.4 is 0 Å². The Morgan fingerprint density at radius 1 is 1.09 bits per heavy atom. The fourth-order valence-corrected chi connectivity index (χ4v) is 4.16. The van der Waals surface area contributed by atoms with Crippen LogP contribution in [0, 0.1) is 6.92 Å². The molecule has 1 aliphatic rings. The van der Waals surface area contributed by atoms with E-state index in [-0.39, 0.29) is 0 Å². The van der Waals surface area contributed by atoms with E-state index in [0.29, 0.717) is 0 Å². The molecule has 0 spiro atoms. The summed E-state index contributed by atoms with van der Waals surface area (Å²) in [6.07, 6.45) is 11.0. The lowest BCUT2D eigenvalue weighted by Crippen LogP contribution is -1.93. The Hall–Kier alpha value is -2.19. The number of thiophene rings is 1. The number of nitrogens with zero attached hydrogens (tertiary/aromatic N) is 1. The summed E-state index contributed by atoms with van der Waals surface area (Å²) in [4.78, 5) is 5.77. The van der Waals surface area contributed by atoms with E-state index in [1.54, 1.807) is 0 Å². The second-order valence-electron chi connectivity index (χ2n) is 5.72. The standard InChI is InChI=1S/C20H17NS/c1-14-12-16(10-11-21-14)7-6-15-8-9-20-18(13-15)17-4-2-3-5-19(17)22-20/h2-7,10-13H,8-9H2,1H3/b7-6+. The lowest BCUT2D eigenvalue weighted by atomic mass is 9.96. The minimum atomic E-state index is 1.06. The molecule has 2 heteroatoms. The van der Waals surface area contributed by atoms with Gasteiger partial charge in [0.25, 0.3) is 0 Å². The van der Waals surface area contributed by atoms with Crippen LogP contribution in [0.15, 0.2) is 54.2 Å². The van der Waals surface area contributed by atoms with E-state index in [1.165, 1.54) is 31.7 Å². The molecule has 0 N–H and O–H groups in total. The summed E-state index contributed by atoms with van der Waals surface area (Å²) in [5, 5.41) is 1.40. The van der Waals surface area contributed by atoms with Crippen LogP contribution in [0.25, 0.3) is 22.2 Å². The number of fused-ring (bicyclic) bond motifs is 3. The number of hydrogen-bond donors (Lipinski definition) is 0. The van der Waals surface area contributed by atoms with Crippen molar-refractivity contribution in [3.8, 4) is 0 Å². The zero-order valence-corrected chi connectivity index (χ0v) is 13.4. The number of aryl methyl sites for hydroxylation is 2. The van der Waals surface area contributed by atoms with E-state index in [9.17, 15) is 0 Å². The molecule has 108 valence electrons. The monoisotopic (exact) mass is 303 g/mol. The molecule has 3 aromatic rings. The van der Waals surface area contributed by atoms with Gasteiger partial charge in [0, 0.05) is 21.5 Å². The first-order valence-corrected chi connectivity index (χ1v) is 8.43. The van der Waals surface area contributed by atoms with Gasteiger partial charge in [0.05, 0.1) is 0 Å². The number of pyridine rings is 1. The van der Waals surface area contributed by atoms with E-state index in [4.69, 9.17) is 0 Å². The van der Waals surface area contributed by atoms with Gasteiger partial charge in [-0.05, 0) is 60.1 Å². The molecule has 0 aliphatic heterocycles. The van der Waals surface area contributed by atoms with Gasteiger partial charge < -0.3 is 0 Å². The lowest BCUT2D eigenvalue weighted by molar-refractivity contribution is 0.977. The van der Waals surface area contributed by atoms with Crippen LogP contribution in [-0.2, 0) is 6.42 Å². The van der Waals surface area contributed by atoms with Gasteiger partial charge in [-0.3, -0.25) is 4.98 Å². The van der Waals surface area contributed by atoms with Gasteiger partial charge in [0.1, 0.15) is 0 Å². The summed E-state index contributed by atoms with van der Waals surface area (Å²) in [6.45, 7) is 2.03. The molecule has 4 rings (SSSR count). The van der Waals surface area contributed by atoms with Gasteiger partial charge in [-0.2, -0.15) is 0 Å². The Morgan fingerprint density at radius 3 is 2.91 bits per heavy atom. The first-order valence-electron chi connectivity index (χ1n) is 7.61. The van der Waals surface area contributed by atoms with Crippen LogP contribution in [-0.4, -0.2) is 4.98 Å². The number of allylic oxidation sites excluding steroid dienone is 2. The smallest absolute Gasteiger partial charge is 0.0378 e. The minimum absolute atomic E-state index is 1.06. The van der Waals surface area contributed by atoms with Gasteiger partial charge in [0.15, 0.2) is 0 Å². The Balaban J connectivity index is 1.69. The highest BCUT2D eigenvalue weighted by Gasteiger charge is 2.14. The summed E-state index contributed by atoms with van der Waals surface area (Å²) < 4.78 is 1.40. The normalized spacial score (nSPS) is 14.3. The molecule has 2 heterocycles. The maximum absolute atomic E-state index is 4.24. The van der Waals surface area contributed by atoms with Crippen LogP contribution in [0.1, 0.15) is 28.1 Å². The first kappa shape index (κ1) is 13.5. The van der Waals surface area contributed by atoms with Crippen molar-refractivity contribution in [1.29, 1.82) is 0 Å². The SMILES string of the molecule is Cc1cc(/C=C/C2=Cc3c(sc4ccccc34)CC2)ccn1. The molecule has 0 bridgehead atoms. The Morgan fingerprint density at radius 2 is 2.00 bits per heavy atom. The molecule has 1 aromatic carbocycles. The Labute approximate surface area is 134 Å². The second-order valence-corrected chi connectivity index (χ2v) is 6.85. The molecular formula is C20H17NS. The molecule has 1 nitrogen and oxygen atoms in total. The lowest BCUT2D eigenvalue weighted by Gasteiger charge is -2.10. The predicted octanol–water partition coefficient (Wildman–Crippen LogP) is 5.65. The van der Waals surface area contributed by atoms with Crippen molar-refractivity contribution >= 4 is 33.6 Å². The van der Waals surface area contributed by atoms with Crippen LogP contribution >= 0.6 is 11.3 Å². The molecule has 0 amide bonds. The highest BCUT2D eigenvalue weighted by Crippen LogP contribution is 2.37. The third kappa shape index (κ3) is 2.51. The van der Waals surface area contributed by atoms with Crippen molar-refractivity contribution in [1.82, 2.24) is 4.98 Å². The topological polar surface area (TPSA) is 12.9 Å². The largest absolute Gasteiger partial charge is 0.262 e. The fraction of sp³-hybridized carbons (Fsp3) is 0.150. The van der Waals surface area contributed by atoms with Gasteiger partial charge in [-0.1, -0.05) is 36.4 Å². The molecule has 2 aromatic heterocycles. The van der Waals surface area contributed by atoms with Gasteiger partial charge in [-0.15, -0.1) is 11.3 Å². The maximum Gasteiger partial charge on any atom is 0.0378 e. The van der Waals surface area contributed by atoms with Crippen molar-refractivity contribution in [3.63, 3.8) is 0 Å².